The van der Waals surface area contributed by atoms with Crippen LogP contribution in [-0.4, -0.2) is 22.2 Å². The van der Waals surface area contributed by atoms with Crippen molar-refractivity contribution in [2.24, 2.45) is 0 Å². The summed E-state index contributed by atoms with van der Waals surface area (Å²) in [6.07, 6.45) is 0. The fourth-order valence-corrected chi connectivity index (χ4v) is 2.61. The van der Waals surface area contributed by atoms with E-state index in [-0.39, 0.29) is 5.97 Å². The number of rotatable bonds is 2. The summed E-state index contributed by atoms with van der Waals surface area (Å²) in [4.78, 5) is 12.0. The quantitative estimate of drug-likeness (QED) is 0.676. The first-order chi connectivity index (χ1) is 9.63. The number of benzene rings is 1. The highest BCUT2D eigenvalue weighted by molar-refractivity contribution is 6.35. The van der Waals surface area contributed by atoms with Crippen LogP contribution in [-0.2, 0) is 4.74 Å². The number of pyridine rings is 1. The smallest absolute Gasteiger partial charge is 0.342 e. The van der Waals surface area contributed by atoms with E-state index in [1.807, 2.05) is 30.3 Å². The molecule has 3 rings (SSSR count). The van der Waals surface area contributed by atoms with Crippen LogP contribution in [0.2, 0.25) is 5.02 Å². The number of aryl methyl sites for hydroxylation is 1. The zero-order valence-electron chi connectivity index (χ0n) is 11.2. The van der Waals surface area contributed by atoms with Gasteiger partial charge in [0.15, 0.2) is 0 Å². The fraction of sp³-hybridized carbons (Fsp3) is 0.200. The molecule has 1 aromatic carbocycles. The molecule has 0 spiro atoms. The molecule has 20 heavy (non-hydrogen) atoms. The van der Waals surface area contributed by atoms with Crippen LogP contribution in [0.4, 0.5) is 0 Å². The van der Waals surface area contributed by atoms with Crippen molar-refractivity contribution in [3.63, 3.8) is 0 Å². The van der Waals surface area contributed by atoms with Gasteiger partial charge in [0.05, 0.1) is 23.3 Å². The van der Waals surface area contributed by atoms with Crippen molar-refractivity contribution in [2.45, 2.75) is 13.8 Å². The summed E-state index contributed by atoms with van der Waals surface area (Å²) >= 11 is 6.18. The van der Waals surface area contributed by atoms with E-state index in [4.69, 9.17) is 16.3 Å². The predicted octanol–water partition coefficient (Wildman–Crippen LogP) is 3.63. The maximum atomic E-state index is 12.0. The summed E-state index contributed by atoms with van der Waals surface area (Å²) in [5, 5.41) is 6.01. The summed E-state index contributed by atoms with van der Waals surface area (Å²) < 4.78 is 6.83. The van der Waals surface area contributed by atoms with Crippen LogP contribution < -0.4 is 0 Å². The molecule has 0 aliphatic carbocycles. The Bertz CT molecular complexity index is 823. The van der Waals surface area contributed by atoms with Gasteiger partial charge in [-0.15, -0.1) is 0 Å². The molecule has 0 aliphatic heterocycles. The molecule has 2 aromatic heterocycles. The minimum Gasteiger partial charge on any atom is -0.462 e. The highest BCUT2D eigenvalue weighted by Crippen LogP contribution is 2.27. The molecular weight excluding hydrogens is 276 g/mol. The summed E-state index contributed by atoms with van der Waals surface area (Å²) in [5.74, 6) is -0.346. The number of carbonyl (C=O) groups is 1. The van der Waals surface area contributed by atoms with Gasteiger partial charge in [-0.3, -0.25) is 0 Å². The lowest BCUT2D eigenvalue weighted by Crippen LogP contribution is -2.05. The van der Waals surface area contributed by atoms with Crippen molar-refractivity contribution >= 4 is 34.0 Å². The third kappa shape index (κ3) is 1.84. The van der Waals surface area contributed by atoms with Crippen LogP contribution in [0.5, 0.6) is 0 Å². The lowest BCUT2D eigenvalue weighted by molar-refractivity contribution is 0.0528. The Kier molecular flexibility index (Phi) is 3.10. The molecule has 0 atom stereocenters. The Balaban J connectivity index is 2.35. The molecule has 0 amide bonds. The molecular formula is C15H13ClN2O2. The van der Waals surface area contributed by atoms with Crippen LogP contribution in [0.25, 0.3) is 16.4 Å². The third-order valence-corrected chi connectivity index (χ3v) is 3.57. The van der Waals surface area contributed by atoms with Crippen molar-refractivity contribution in [1.29, 1.82) is 0 Å². The molecule has 0 unspecified atom stereocenters. The Morgan fingerprint density at radius 1 is 1.30 bits per heavy atom. The number of halogens is 1. The number of ether oxygens (including phenoxy) is 1. The average Bonchev–Trinajstić information content (AvgIpc) is 2.76. The second-order valence-corrected chi connectivity index (χ2v) is 4.89. The van der Waals surface area contributed by atoms with Crippen molar-refractivity contribution in [1.82, 2.24) is 9.61 Å². The number of hydrogen-bond acceptors (Lipinski definition) is 3. The molecule has 102 valence electrons. The lowest BCUT2D eigenvalue weighted by Gasteiger charge is -2.04. The molecule has 4 nitrogen and oxygen atoms in total. The highest BCUT2D eigenvalue weighted by atomic mass is 35.5. The van der Waals surface area contributed by atoms with Gasteiger partial charge in [-0.1, -0.05) is 17.7 Å². The normalized spacial score (nSPS) is 11.2. The maximum absolute atomic E-state index is 12.0. The standard InChI is InChI=1S/C15H13ClN2O2/c1-3-20-15(19)14-9(2)17-18-12-6-4-5-11(16)10(12)7-8-13(14)18/h4-8H,3H2,1-2H3. The summed E-state index contributed by atoms with van der Waals surface area (Å²) in [6.45, 7) is 3.93. The minimum absolute atomic E-state index is 0.342. The molecule has 2 heterocycles. The maximum Gasteiger partial charge on any atom is 0.342 e. The van der Waals surface area contributed by atoms with Crippen LogP contribution in [0.3, 0.4) is 0 Å². The monoisotopic (exact) mass is 288 g/mol. The molecule has 3 aromatic rings. The van der Waals surface area contributed by atoms with E-state index < -0.39 is 0 Å². The van der Waals surface area contributed by atoms with Crippen LogP contribution >= 0.6 is 11.6 Å². The summed E-state index contributed by atoms with van der Waals surface area (Å²) in [5.41, 5.74) is 2.76. The Hall–Kier alpha value is -2.07. The first-order valence-corrected chi connectivity index (χ1v) is 6.75. The molecule has 0 saturated carbocycles. The minimum atomic E-state index is -0.346. The van der Waals surface area contributed by atoms with E-state index in [9.17, 15) is 4.79 Å². The second kappa shape index (κ2) is 4.80. The van der Waals surface area contributed by atoms with Gasteiger partial charge in [-0.2, -0.15) is 5.10 Å². The van der Waals surface area contributed by atoms with Crippen molar-refractivity contribution in [3.05, 3.63) is 46.6 Å². The van der Waals surface area contributed by atoms with E-state index in [0.717, 1.165) is 16.4 Å². The zero-order chi connectivity index (χ0) is 14.3. The van der Waals surface area contributed by atoms with E-state index in [1.165, 1.54) is 0 Å². The first kappa shape index (κ1) is 12.9. The van der Waals surface area contributed by atoms with Crippen molar-refractivity contribution < 1.29 is 9.53 Å². The van der Waals surface area contributed by atoms with E-state index in [0.29, 0.717) is 22.9 Å². The molecule has 0 bridgehead atoms. The van der Waals surface area contributed by atoms with Gasteiger partial charge in [-0.05, 0) is 38.1 Å². The molecule has 0 saturated heterocycles. The van der Waals surface area contributed by atoms with Gasteiger partial charge in [0.2, 0.25) is 0 Å². The Morgan fingerprint density at radius 3 is 2.85 bits per heavy atom. The van der Waals surface area contributed by atoms with Crippen LogP contribution in [0, 0.1) is 6.92 Å². The van der Waals surface area contributed by atoms with Gasteiger partial charge < -0.3 is 4.74 Å². The molecule has 0 radical (unpaired) electrons. The predicted molar refractivity (Wildman–Crippen MR) is 78.4 cm³/mol. The van der Waals surface area contributed by atoms with Gasteiger partial charge in [0.1, 0.15) is 5.56 Å². The average molecular weight is 289 g/mol. The molecule has 0 aliphatic rings. The Labute approximate surface area is 120 Å². The lowest BCUT2D eigenvalue weighted by atomic mass is 10.1. The van der Waals surface area contributed by atoms with Gasteiger partial charge in [0.25, 0.3) is 0 Å². The van der Waals surface area contributed by atoms with Crippen molar-refractivity contribution in [2.75, 3.05) is 6.61 Å². The fourth-order valence-electron chi connectivity index (χ4n) is 2.38. The highest BCUT2D eigenvalue weighted by Gasteiger charge is 2.19. The topological polar surface area (TPSA) is 43.6 Å². The van der Waals surface area contributed by atoms with Gasteiger partial charge in [0, 0.05) is 10.4 Å². The number of nitrogens with zero attached hydrogens (tertiary/aromatic N) is 2. The summed E-state index contributed by atoms with van der Waals surface area (Å²) in [6, 6.07) is 9.37. The Morgan fingerprint density at radius 2 is 2.10 bits per heavy atom. The SMILES string of the molecule is CCOC(=O)c1c(C)nn2c1ccc1c(Cl)cccc12. The van der Waals surface area contributed by atoms with E-state index >= 15 is 0 Å². The zero-order valence-corrected chi connectivity index (χ0v) is 11.9. The number of hydrogen-bond donors (Lipinski definition) is 0. The third-order valence-electron chi connectivity index (χ3n) is 3.24. The number of aromatic nitrogens is 2. The van der Waals surface area contributed by atoms with Crippen molar-refractivity contribution in [3.8, 4) is 0 Å². The summed E-state index contributed by atoms with van der Waals surface area (Å²) in [7, 11) is 0. The molecule has 0 fully saturated rings. The number of esters is 1. The van der Waals surface area contributed by atoms with E-state index in [2.05, 4.69) is 5.10 Å². The number of fused-ring (bicyclic) bond motifs is 3. The first-order valence-electron chi connectivity index (χ1n) is 6.37. The van der Waals surface area contributed by atoms with Gasteiger partial charge in [-0.25, -0.2) is 9.31 Å². The largest absolute Gasteiger partial charge is 0.462 e. The molecule has 5 heteroatoms. The second-order valence-electron chi connectivity index (χ2n) is 4.48. The van der Waals surface area contributed by atoms with Crippen LogP contribution in [0.1, 0.15) is 23.0 Å². The van der Waals surface area contributed by atoms with Gasteiger partial charge >= 0.3 is 5.97 Å². The molecule has 0 N–H and O–H groups in total. The number of carbonyl (C=O) groups excluding carboxylic acids is 1. The van der Waals surface area contributed by atoms with Crippen LogP contribution in [0.15, 0.2) is 30.3 Å². The van der Waals surface area contributed by atoms with E-state index in [1.54, 1.807) is 18.4 Å².